The molecule has 0 radical (unpaired) electrons. The lowest BCUT2D eigenvalue weighted by atomic mass is 10.2. The fourth-order valence-corrected chi connectivity index (χ4v) is 1.67. The highest BCUT2D eigenvalue weighted by molar-refractivity contribution is 5.81. The summed E-state index contributed by atoms with van der Waals surface area (Å²) in [5, 5.41) is 2.99. The van der Waals surface area contributed by atoms with Crippen molar-refractivity contribution in [3.8, 4) is 0 Å². The van der Waals surface area contributed by atoms with Gasteiger partial charge in [-0.05, 0) is 26.9 Å². The number of nitrogens with zero attached hydrogens (tertiary/aromatic N) is 1. The first-order chi connectivity index (χ1) is 7.13. The molecule has 0 spiro atoms. The van der Waals surface area contributed by atoms with Crippen molar-refractivity contribution >= 4 is 5.91 Å². The van der Waals surface area contributed by atoms with Crippen molar-refractivity contribution in [3.05, 3.63) is 0 Å². The van der Waals surface area contributed by atoms with Crippen molar-refractivity contribution in [2.45, 2.75) is 52.0 Å². The molecule has 1 amide bonds. The molecule has 0 aliphatic rings. The van der Waals surface area contributed by atoms with Gasteiger partial charge in [0, 0.05) is 6.54 Å². The van der Waals surface area contributed by atoms with Gasteiger partial charge in [-0.15, -0.1) is 0 Å². The molecule has 0 aliphatic heterocycles. The first-order valence-electron chi connectivity index (χ1n) is 6.07. The van der Waals surface area contributed by atoms with Crippen LogP contribution in [-0.4, -0.2) is 37.5 Å². The zero-order chi connectivity index (χ0) is 11.7. The van der Waals surface area contributed by atoms with Gasteiger partial charge in [0.25, 0.3) is 0 Å². The Morgan fingerprint density at radius 1 is 1.20 bits per heavy atom. The Morgan fingerprint density at radius 2 is 1.87 bits per heavy atom. The minimum atomic E-state index is 0.0242. The summed E-state index contributed by atoms with van der Waals surface area (Å²) in [5.74, 6) is 0.166. The molecule has 0 fully saturated rings. The van der Waals surface area contributed by atoms with Crippen LogP contribution in [0, 0.1) is 0 Å². The Bertz CT molecular complexity index is 169. The smallest absolute Gasteiger partial charge is 0.237 e. The Kier molecular flexibility index (Phi) is 8.38. The van der Waals surface area contributed by atoms with Crippen LogP contribution < -0.4 is 5.32 Å². The maximum absolute atomic E-state index is 11.7. The second kappa shape index (κ2) is 8.72. The van der Waals surface area contributed by atoms with Gasteiger partial charge in [-0.25, -0.2) is 0 Å². The SMILES string of the molecule is CCCCCCNC(=O)C(CC)N(C)C. The van der Waals surface area contributed by atoms with E-state index in [2.05, 4.69) is 12.2 Å². The summed E-state index contributed by atoms with van der Waals surface area (Å²) >= 11 is 0. The predicted octanol–water partition coefficient (Wildman–Crippen LogP) is 2.02. The number of carbonyl (C=O) groups excluding carboxylic acids is 1. The van der Waals surface area contributed by atoms with Crippen LogP contribution in [0.15, 0.2) is 0 Å². The molecule has 0 heterocycles. The molecule has 0 bridgehead atoms. The van der Waals surface area contributed by atoms with E-state index in [9.17, 15) is 4.79 Å². The minimum Gasteiger partial charge on any atom is -0.355 e. The third-order valence-corrected chi connectivity index (χ3v) is 2.64. The summed E-state index contributed by atoms with van der Waals surface area (Å²) < 4.78 is 0. The van der Waals surface area contributed by atoms with Crippen LogP contribution in [0.5, 0.6) is 0 Å². The second-order valence-corrected chi connectivity index (χ2v) is 4.24. The molecule has 0 aromatic carbocycles. The van der Waals surface area contributed by atoms with Crippen molar-refractivity contribution in [3.63, 3.8) is 0 Å². The number of likely N-dealkylation sites (N-methyl/N-ethyl adjacent to an activating group) is 1. The standard InChI is InChI=1S/C12H26N2O/c1-5-7-8-9-10-13-12(15)11(6-2)14(3)4/h11H,5-10H2,1-4H3,(H,13,15). The highest BCUT2D eigenvalue weighted by Gasteiger charge is 2.17. The highest BCUT2D eigenvalue weighted by Crippen LogP contribution is 2.00. The molecular formula is C12H26N2O. The van der Waals surface area contributed by atoms with E-state index in [1.807, 2.05) is 25.9 Å². The van der Waals surface area contributed by atoms with Crippen LogP contribution in [0.2, 0.25) is 0 Å². The van der Waals surface area contributed by atoms with E-state index in [-0.39, 0.29) is 11.9 Å². The van der Waals surface area contributed by atoms with Gasteiger partial charge in [0.1, 0.15) is 0 Å². The quantitative estimate of drug-likeness (QED) is 0.627. The number of hydrogen-bond acceptors (Lipinski definition) is 2. The van der Waals surface area contributed by atoms with Crippen molar-refractivity contribution in [2.75, 3.05) is 20.6 Å². The van der Waals surface area contributed by atoms with Gasteiger partial charge in [-0.3, -0.25) is 9.69 Å². The topological polar surface area (TPSA) is 32.3 Å². The van der Waals surface area contributed by atoms with E-state index in [1.54, 1.807) is 0 Å². The maximum Gasteiger partial charge on any atom is 0.237 e. The van der Waals surface area contributed by atoms with Crippen LogP contribution in [0.3, 0.4) is 0 Å². The summed E-state index contributed by atoms with van der Waals surface area (Å²) in [5.41, 5.74) is 0. The van der Waals surface area contributed by atoms with E-state index in [0.717, 1.165) is 19.4 Å². The first-order valence-corrected chi connectivity index (χ1v) is 6.07. The molecule has 15 heavy (non-hydrogen) atoms. The van der Waals surface area contributed by atoms with Gasteiger partial charge >= 0.3 is 0 Å². The van der Waals surface area contributed by atoms with Gasteiger partial charge in [0.2, 0.25) is 5.91 Å². The van der Waals surface area contributed by atoms with Gasteiger partial charge in [0.15, 0.2) is 0 Å². The summed E-state index contributed by atoms with van der Waals surface area (Å²) in [7, 11) is 3.90. The Hall–Kier alpha value is -0.570. The monoisotopic (exact) mass is 214 g/mol. The van der Waals surface area contributed by atoms with Gasteiger partial charge < -0.3 is 5.32 Å². The summed E-state index contributed by atoms with van der Waals surface area (Å²) in [4.78, 5) is 13.7. The number of amides is 1. The summed E-state index contributed by atoms with van der Waals surface area (Å²) in [6.07, 6.45) is 5.69. The molecule has 0 saturated carbocycles. The molecule has 0 rings (SSSR count). The normalized spacial score (nSPS) is 12.9. The molecule has 3 nitrogen and oxygen atoms in total. The number of rotatable bonds is 8. The van der Waals surface area contributed by atoms with Crippen LogP contribution in [-0.2, 0) is 4.79 Å². The third-order valence-electron chi connectivity index (χ3n) is 2.64. The lowest BCUT2D eigenvalue weighted by Gasteiger charge is -2.21. The van der Waals surface area contributed by atoms with Crippen LogP contribution in [0.4, 0.5) is 0 Å². The Morgan fingerprint density at radius 3 is 2.33 bits per heavy atom. The van der Waals surface area contributed by atoms with Crippen molar-refractivity contribution in [2.24, 2.45) is 0 Å². The van der Waals surface area contributed by atoms with Crippen LogP contribution in [0.1, 0.15) is 46.0 Å². The molecule has 0 aliphatic carbocycles. The first kappa shape index (κ1) is 14.4. The number of carbonyl (C=O) groups is 1. The van der Waals surface area contributed by atoms with E-state index in [0.29, 0.717) is 0 Å². The molecule has 0 aromatic heterocycles. The van der Waals surface area contributed by atoms with Gasteiger partial charge in [0.05, 0.1) is 6.04 Å². The Balaban J connectivity index is 3.63. The fourth-order valence-electron chi connectivity index (χ4n) is 1.67. The molecule has 3 heteroatoms. The van der Waals surface area contributed by atoms with E-state index >= 15 is 0 Å². The fraction of sp³-hybridized carbons (Fsp3) is 0.917. The zero-order valence-electron chi connectivity index (χ0n) is 10.7. The van der Waals surface area contributed by atoms with E-state index in [1.165, 1.54) is 19.3 Å². The van der Waals surface area contributed by atoms with Gasteiger partial charge in [-0.1, -0.05) is 33.1 Å². The van der Waals surface area contributed by atoms with Crippen LogP contribution in [0.25, 0.3) is 0 Å². The van der Waals surface area contributed by atoms with Crippen molar-refractivity contribution in [1.29, 1.82) is 0 Å². The number of nitrogens with one attached hydrogen (secondary N) is 1. The molecule has 1 N–H and O–H groups in total. The van der Waals surface area contributed by atoms with Crippen molar-refractivity contribution in [1.82, 2.24) is 10.2 Å². The molecule has 90 valence electrons. The van der Waals surface area contributed by atoms with Crippen molar-refractivity contribution < 1.29 is 4.79 Å². The average Bonchev–Trinajstić information content (AvgIpc) is 2.18. The molecule has 0 aromatic rings. The number of unbranched alkanes of at least 4 members (excludes halogenated alkanes) is 3. The molecule has 1 unspecified atom stereocenters. The van der Waals surface area contributed by atoms with Crippen LogP contribution >= 0.6 is 0 Å². The lowest BCUT2D eigenvalue weighted by molar-refractivity contribution is -0.125. The maximum atomic E-state index is 11.7. The summed E-state index contributed by atoms with van der Waals surface area (Å²) in [6.45, 7) is 5.06. The lowest BCUT2D eigenvalue weighted by Crippen LogP contribution is -2.43. The van der Waals surface area contributed by atoms with Gasteiger partial charge in [-0.2, -0.15) is 0 Å². The highest BCUT2D eigenvalue weighted by atomic mass is 16.2. The number of hydrogen-bond donors (Lipinski definition) is 1. The Labute approximate surface area is 94.2 Å². The minimum absolute atomic E-state index is 0.0242. The third kappa shape index (κ3) is 6.50. The molecular weight excluding hydrogens is 188 g/mol. The van der Waals surface area contributed by atoms with E-state index < -0.39 is 0 Å². The molecule has 0 saturated heterocycles. The zero-order valence-corrected chi connectivity index (χ0v) is 10.7. The average molecular weight is 214 g/mol. The second-order valence-electron chi connectivity index (χ2n) is 4.24. The van der Waals surface area contributed by atoms with E-state index in [4.69, 9.17) is 0 Å². The summed E-state index contributed by atoms with van der Waals surface area (Å²) in [6, 6.07) is 0.0242. The molecule has 1 atom stereocenters. The predicted molar refractivity (Wildman–Crippen MR) is 64.9 cm³/mol. The largest absolute Gasteiger partial charge is 0.355 e.